The van der Waals surface area contributed by atoms with Gasteiger partial charge in [-0.05, 0) is 10.4 Å². The van der Waals surface area contributed by atoms with Crippen molar-refractivity contribution < 1.29 is 9.59 Å². The molecule has 104 valence electrons. The van der Waals surface area contributed by atoms with Crippen LogP contribution >= 0.6 is 0 Å². The van der Waals surface area contributed by atoms with Crippen LogP contribution in [0.4, 0.5) is 0 Å². The van der Waals surface area contributed by atoms with Crippen molar-refractivity contribution in [3.8, 4) is 0 Å². The quantitative estimate of drug-likeness (QED) is 0.651. The van der Waals surface area contributed by atoms with Gasteiger partial charge in [-0.2, -0.15) is 0 Å². The van der Waals surface area contributed by atoms with E-state index in [0.29, 0.717) is 13.1 Å². The third-order valence-corrected chi connectivity index (χ3v) is 2.96. The van der Waals surface area contributed by atoms with E-state index in [2.05, 4.69) is 20.8 Å². The molecule has 0 aromatic carbocycles. The summed E-state index contributed by atoms with van der Waals surface area (Å²) < 4.78 is 1.33. The molecule has 0 radical (unpaired) electrons. The molecule has 2 heterocycles. The van der Waals surface area contributed by atoms with E-state index in [1.807, 2.05) is 0 Å². The largest absolute Gasteiger partial charge is 0.339 e. The lowest BCUT2D eigenvalue weighted by atomic mass is 10.3. The molecular formula is C10H17N7O2. The highest BCUT2D eigenvalue weighted by molar-refractivity contribution is 5.84. The van der Waals surface area contributed by atoms with E-state index in [1.54, 1.807) is 11.9 Å². The van der Waals surface area contributed by atoms with E-state index in [4.69, 9.17) is 0 Å². The summed E-state index contributed by atoms with van der Waals surface area (Å²) in [6.07, 6.45) is 1.36. The molecule has 0 unspecified atom stereocenters. The van der Waals surface area contributed by atoms with E-state index >= 15 is 0 Å². The highest BCUT2D eigenvalue weighted by Gasteiger charge is 2.20. The van der Waals surface area contributed by atoms with Crippen LogP contribution in [0.15, 0.2) is 6.33 Å². The summed E-state index contributed by atoms with van der Waals surface area (Å²) >= 11 is 0. The summed E-state index contributed by atoms with van der Waals surface area (Å²) in [7, 11) is 1.60. The monoisotopic (exact) mass is 267 g/mol. The molecule has 1 aliphatic rings. The smallest absolute Gasteiger partial charge is 0.244 e. The maximum Gasteiger partial charge on any atom is 0.244 e. The zero-order valence-corrected chi connectivity index (χ0v) is 10.8. The van der Waals surface area contributed by atoms with Gasteiger partial charge in [-0.15, -0.1) is 5.10 Å². The van der Waals surface area contributed by atoms with Crippen LogP contribution in [-0.4, -0.2) is 81.6 Å². The van der Waals surface area contributed by atoms with E-state index in [0.717, 1.165) is 13.1 Å². The van der Waals surface area contributed by atoms with Crippen molar-refractivity contribution in [2.24, 2.45) is 0 Å². The van der Waals surface area contributed by atoms with Gasteiger partial charge in [0.05, 0.1) is 6.54 Å². The van der Waals surface area contributed by atoms with Crippen LogP contribution in [0.25, 0.3) is 0 Å². The Hall–Kier alpha value is -2.03. The van der Waals surface area contributed by atoms with Crippen molar-refractivity contribution in [2.75, 3.05) is 39.8 Å². The van der Waals surface area contributed by atoms with Crippen LogP contribution in [-0.2, 0) is 16.1 Å². The van der Waals surface area contributed by atoms with Gasteiger partial charge in [0.1, 0.15) is 12.9 Å². The van der Waals surface area contributed by atoms with Crippen LogP contribution in [0.3, 0.4) is 0 Å². The van der Waals surface area contributed by atoms with Gasteiger partial charge in [-0.1, -0.05) is 0 Å². The van der Waals surface area contributed by atoms with E-state index in [-0.39, 0.29) is 24.9 Å². The van der Waals surface area contributed by atoms with Crippen molar-refractivity contribution >= 4 is 11.8 Å². The molecule has 1 saturated heterocycles. The maximum atomic E-state index is 12.0. The first-order chi connectivity index (χ1) is 9.16. The number of amides is 2. The molecule has 0 spiro atoms. The van der Waals surface area contributed by atoms with Gasteiger partial charge in [0, 0.05) is 33.2 Å². The molecule has 9 heteroatoms. The average Bonchev–Trinajstić information content (AvgIpc) is 2.92. The molecule has 0 atom stereocenters. The third kappa shape index (κ3) is 3.71. The van der Waals surface area contributed by atoms with Gasteiger partial charge >= 0.3 is 0 Å². The minimum atomic E-state index is -0.198. The van der Waals surface area contributed by atoms with E-state index in [1.165, 1.54) is 15.9 Å². The number of aromatic nitrogens is 4. The topological polar surface area (TPSA) is 96.2 Å². The first-order valence-corrected chi connectivity index (χ1v) is 6.10. The first kappa shape index (κ1) is 13.4. The number of nitrogens with one attached hydrogen (secondary N) is 1. The average molecular weight is 267 g/mol. The number of hydrogen-bond donors (Lipinski definition) is 1. The second-order valence-electron chi connectivity index (χ2n) is 4.39. The highest BCUT2D eigenvalue weighted by Crippen LogP contribution is 1.97. The van der Waals surface area contributed by atoms with Crippen LogP contribution in [0.1, 0.15) is 0 Å². The Bertz CT molecular complexity index is 427. The maximum absolute atomic E-state index is 12.0. The molecule has 19 heavy (non-hydrogen) atoms. The van der Waals surface area contributed by atoms with Gasteiger partial charge in [-0.25, -0.2) is 4.68 Å². The second-order valence-corrected chi connectivity index (χ2v) is 4.39. The lowest BCUT2D eigenvalue weighted by Crippen LogP contribution is -2.50. The Morgan fingerprint density at radius 1 is 1.37 bits per heavy atom. The van der Waals surface area contributed by atoms with Crippen LogP contribution in [0.2, 0.25) is 0 Å². The number of piperazine rings is 1. The minimum Gasteiger partial charge on any atom is -0.339 e. The van der Waals surface area contributed by atoms with E-state index < -0.39 is 0 Å². The predicted molar refractivity (Wildman–Crippen MR) is 64.9 cm³/mol. The summed E-state index contributed by atoms with van der Waals surface area (Å²) in [4.78, 5) is 27.0. The Kier molecular flexibility index (Phi) is 4.39. The number of carbonyl (C=O) groups is 2. The predicted octanol–water partition coefficient (Wildman–Crippen LogP) is -2.44. The molecule has 2 amide bonds. The fourth-order valence-corrected chi connectivity index (χ4v) is 1.82. The van der Waals surface area contributed by atoms with Crippen LogP contribution in [0, 0.1) is 0 Å². The summed E-state index contributed by atoms with van der Waals surface area (Å²) in [6, 6.07) is 0. The third-order valence-electron chi connectivity index (χ3n) is 2.96. The lowest BCUT2D eigenvalue weighted by Gasteiger charge is -2.29. The van der Waals surface area contributed by atoms with Crippen molar-refractivity contribution in [2.45, 2.75) is 6.54 Å². The number of likely N-dealkylation sites (N-methyl/N-ethyl adjacent to an activating group) is 1. The van der Waals surface area contributed by atoms with Gasteiger partial charge in [0.15, 0.2) is 0 Å². The van der Waals surface area contributed by atoms with Crippen molar-refractivity contribution in [3.63, 3.8) is 0 Å². The Morgan fingerprint density at radius 2 is 2.11 bits per heavy atom. The van der Waals surface area contributed by atoms with Gasteiger partial charge in [-0.3, -0.25) is 9.59 Å². The minimum absolute atomic E-state index is 0.0333. The number of nitrogens with zero attached hydrogens (tertiary/aromatic N) is 6. The van der Waals surface area contributed by atoms with Gasteiger partial charge in [0.25, 0.3) is 0 Å². The zero-order valence-electron chi connectivity index (χ0n) is 10.8. The summed E-state index contributed by atoms with van der Waals surface area (Å²) in [5.74, 6) is -0.232. The normalized spacial score (nSPS) is 15.3. The molecule has 1 N–H and O–H groups in total. The van der Waals surface area contributed by atoms with Crippen molar-refractivity contribution in [1.82, 2.24) is 35.3 Å². The van der Waals surface area contributed by atoms with Crippen molar-refractivity contribution in [1.29, 1.82) is 0 Å². The summed E-state index contributed by atoms with van der Waals surface area (Å²) in [5.41, 5.74) is 0. The lowest BCUT2D eigenvalue weighted by molar-refractivity contribution is -0.140. The Morgan fingerprint density at radius 3 is 2.74 bits per heavy atom. The molecule has 0 aliphatic carbocycles. The van der Waals surface area contributed by atoms with Crippen LogP contribution < -0.4 is 5.32 Å². The fraction of sp³-hybridized carbons (Fsp3) is 0.700. The number of hydrogen-bond acceptors (Lipinski definition) is 6. The number of carbonyl (C=O) groups excluding carboxylic acids is 2. The highest BCUT2D eigenvalue weighted by atomic mass is 16.2. The molecule has 1 aromatic heterocycles. The molecule has 1 aromatic rings. The molecule has 0 bridgehead atoms. The molecular weight excluding hydrogens is 250 g/mol. The summed E-state index contributed by atoms with van der Waals surface area (Å²) in [5, 5.41) is 13.7. The summed E-state index contributed by atoms with van der Waals surface area (Å²) in [6.45, 7) is 3.10. The zero-order chi connectivity index (χ0) is 13.7. The van der Waals surface area contributed by atoms with Gasteiger partial charge < -0.3 is 15.1 Å². The SMILES string of the molecule is CN(CC(=O)N1CCNCC1)C(=O)Cn1cnnn1. The Balaban J connectivity index is 1.80. The second kappa shape index (κ2) is 6.23. The molecule has 9 nitrogen and oxygen atoms in total. The van der Waals surface area contributed by atoms with Gasteiger partial charge in [0.2, 0.25) is 11.8 Å². The molecule has 1 aliphatic heterocycles. The number of tetrazole rings is 1. The Labute approximate surface area is 110 Å². The van der Waals surface area contributed by atoms with E-state index in [9.17, 15) is 9.59 Å². The number of rotatable bonds is 4. The molecule has 0 saturated carbocycles. The fourth-order valence-electron chi connectivity index (χ4n) is 1.82. The molecule has 1 fully saturated rings. The standard InChI is InChI=1S/C10H17N7O2/c1-15(9(18)7-17-8-12-13-14-17)6-10(19)16-4-2-11-3-5-16/h8,11H,2-7H2,1H3. The van der Waals surface area contributed by atoms with Crippen molar-refractivity contribution in [3.05, 3.63) is 6.33 Å². The molecule has 2 rings (SSSR count). The first-order valence-electron chi connectivity index (χ1n) is 6.10. The van der Waals surface area contributed by atoms with Crippen LogP contribution in [0.5, 0.6) is 0 Å².